The molecule has 1 heterocycles. The van der Waals surface area contributed by atoms with Crippen molar-refractivity contribution in [1.82, 2.24) is 0 Å². The monoisotopic (exact) mass is 206 g/mol. The quantitative estimate of drug-likeness (QED) is 0.758. The summed E-state index contributed by atoms with van der Waals surface area (Å²) in [4.78, 5) is 2.32. The Kier molecular flexibility index (Phi) is 2.93. The second-order valence-corrected chi connectivity index (χ2v) is 4.34. The molecule has 0 unspecified atom stereocenters. The van der Waals surface area contributed by atoms with Crippen molar-refractivity contribution in [1.29, 1.82) is 0 Å². The lowest BCUT2D eigenvalue weighted by Gasteiger charge is -2.39. The third-order valence-electron chi connectivity index (χ3n) is 3.20. The van der Waals surface area contributed by atoms with E-state index in [1.807, 2.05) is 18.2 Å². The van der Waals surface area contributed by atoms with E-state index in [0.717, 1.165) is 25.9 Å². The van der Waals surface area contributed by atoms with Crippen LogP contribution in [-0.4, -0.2) is 30.3 Å². The van der Waals surface area contributed by atoms with Crippen LogP contribution in [-0.2, 0) is 0 Å². The van der Waals surface area contributed by atoms with Gasteiger partial charge in [-0.15, -0.1) is 0 Å². The van der Waals surface area contributed by atoms with Gasteiger partial charge in [0, 0.05) is 24.3 Å². The summed E-state index contributed by atoms with van der Waals surface area (Å²) in [7, 11) is 0. The van der Waals surface area contributed by atoms with E-state index in [4.69, 9.17) is 10.8 Å². The second kappa shape index (κ2) is 4.21. The molecule has 0 bridgehead atoms. The molecule has 0 aromatic heterocycles. The maximum absolute atomic E-state index is 9.16. The second-order valence-electron chi connectivity index (χ2n) is 4.34. The lowest BCUT2D eigenvalue weighted by Crippen LogP contribution is -2.52. The van der Waals surface area contributed by atoms with Crippen LogP contribution in [0.15, 0.2) is 30.3 Å². The average Bonchev–Trinajstić information content (AvgIpc) is 2.31. The third kappa shape index (κ3) is 2.30. The predicted octanol–water partition coefficient (Wildman–Crippen LogP) is 0.977. The number of hydrogen-bond acceptors (Lipinski definition) is 3. The molecule has 1 aromatic rings. The van der Waals surface area contributed by atoms with Crippen molar-refractivity contribution in [3.05, 3.63) is 30.3 Å². The van der Waals surface area contributed by atoms with Gasteiger partial charge in [-0.2, -0.15) is 0 Å². The molecule has 0 spiro atoms. The highest BCUT2D eigenvalue weighted by Gasteiger charge is 2.29. The smallest absolute Gasteiger partial charge is 0.0612 e. The number of nitrogens with two attached hydrogens (primary N) is 1. The Labute approximate surface area is 90.5 Å². The van der Waals surface area contributed by atoms with Crippen molar-refractivity contribution < 1.29 is 5.11 Å². The van der Waals surface area contributed by atoms with Gasteiger partial charge in [-0.05, 0) is 25.0 Å². The van der Waals surface area contributed by atoms with Crippen LogP contribution in [0, 0.1) is 0 Å². The zero-order chi connectivity index (χ0) is 10.7. The largest absolute Gasteiger partial charge is 0.394 e. The SMILES string of the molecule is NC1(CO)CCN(c2ccccc2)CC1. The van der Waals surface area contributed by atoms with Crippen LogP contribution in [0.25, 0.3) is 0 Å². The van der Waals surface area contributed by atoms with Gasteiger partial charge < -0.3 is 15.7 Å². The van der Waals surface area contributed by atoms with E-state index in [1.165, 1.54) is 5.69 Å². The van der Waals surface area contributed by atoms with Crippen LogP contribution < -0.4 is 10.6 Å². The first kappa shape index (κ1) is 10.5. The Morgan fingerprint density at radius 1 is 1.20 bits per heavy atom. The molecule has 82 valence electrons. The van der Waals surface area contributed by atoms with Crippen molar-refractivity contribution in [3.63, 3.8) is 0 Å². The Bertz CT molecular complexity index is 305. The van der Waals surface area contributed by atoms with Crippen LogP contribution in [0.4, 0.5) is 5.69 Å². The van der Waals surface area contributed by atoms with Gasteiger partial charge in [-0.3, -0.25) is 0 Å². The minimum atomic E-state index is -0.356. The number of para-hydroxylation sites is 1. The summed E-state index contributed by atoms with van der Waals surface area (Å²) in [5, 5.41) is 9.16. The van der Waals surface area contributed by atoms with Crippen molar-refractivity contribution in [3.8, 4) is 0 Å². The fraction of sp³-hybridized carbons (Fsp3) is 0.500. The normalized spacial score (nSPS) is 20.3. The molecule has 3 nitrogen and oxygen atoms in total. The molecule has 1 aliphatic heterocycles. The van der Waals surface area contributed by atoms with E-state index in [-0.39, 0.29) is 12.1 Å². The Morgan fingerprint density at radius 2 is 1.80 bits per heavy atom. The summed E-state index contributed by atoms with van der Waals surface area (Å²) in [6.07, 6.45) is 1.72. The fourth-order valence-electron chi connectivity index (χ4n) is 2.01. The average molecular weight is 206 g/mol. The van der Waals surface area contributed by atoms with Gasteiger partial charge in [0.25, 0.3) is 0 Å². The highest BCUT2D eigenvalue weighted by Crippen LogP contribution is 2.23. The lowest BCUT2D eigenvalue weighted by molar-refractivity contribution is 0.170. The van der Waals surface area contributed by atoms with Crippen LogP contribution in [0.5, 0.6) is 0 Å². The molecule has 1 aromatic carbocycles. The first-order chi connectivity index (χ1) is 7.23. The van der Waals surface area contributed by atoms with Gasteiger partial charge in [-0.25, -0.2) is 0 Å². The minimum Gasteiger partial charge on any atom is -0.394 e. The summed E-state index contributed by atoms with van der Waals surface area (Å²) in [5.74, 6) is 0. The maximum Gasteiger partial charge on any atom is 0.0612 e. The molecule has 1 aliphatic rings. The van der Waals surface area contributed by atoms with Crippen molar-refractivity contribution in [2.24, 2.45) is 5.73 Å². The molecule has 0 saturated carbocycles. The number of benzene rings is 1. The molecular formula is C12H18N2O. The predicted molar refractivity (Wildman–Crippen MR) is 61.9 cm³/mol. The summed E-state index contributed by atoms with van der Waals surface area (Å²) in [6.45, 7) is 1.96. The van der Waals surface area contributed by atoms with Gasteiger partial charge in [0.2, 0.25) is 0 Å². The fourth-order valence-corrected chi connectivity index (χ4v) is 2.01. The van der Waals surface area contributed by atoms with Crippen molar-refractivity contribution >= 4 is 5.69 Å². The van der Waals surface area contributed by atoms with E-state index < -0.39 is 0 Å². The zero-order valence-electron chi connectivity index (χ0n) is 8.89. The number of piperidine rings is 1. The van der Waals surface area contributed by atoms with Gasteiger partial charge >= 0.3 is 0 Å². The van der Waals surface area contributed by atoms with E-state index in [0.29, 0.717) is 0 Å². The summed E-state index contributed by atoms with van der Waals surface area (Å²) in [5.41, 5.74) is 6.91. The van der Waals surface area contributed by atoms with Crippen LogP contribution >= 0.6 is 0 Å². The van der Waals surface area contributed by atoms with E-state index in [2.05, 4.69) is 17.0 Å². The molecule has 3 heteroatoms. The lowest BCUT2D eigenvalue weighted by atomic mass is 9.89. The van der Waals surface area contributed by atoms with Gasteiger partial charge in [-0.1, -0.05) is 18.2 Å². The Balaban J connectivity index is 2.00. The summed E-state index contributed by atoms with van der Waals surface area (Å²) in [6, 6.07) is 10.3. The molecule has 2 rings (SSSR count). The van der Waals surface area contributed by atoms with Gasteiger partial charge in [0.15, 0.2) is 0 Å². The van der Waals surface area contributed by atoms with Crippen LogP contribution in [0.2, 0.25) is 0 Å². The number of aliphatic hydroxyl groups excluding tert-OH is 1. The number of aliphatic hydroxyl groups is 1. The number of hydrogen-bond donors (Lipinski definition) is 2. The zero-order valence-corrected chi connectivity index (χ0v) is 8.89. The molecule has 0 atom stereocenters. The van der Waals surface area contributed by atoms with E-state index in [9.17, 15) is 0 Å². The first-order valence-electron chi connectivity index (χ1n) is 5.43. The molecule has 0 amide bonds. The molecule has 1 saturated heterocycles. The molecule has 0 radical (unpaired) electrons. The molecular weight excluding hydrogens is 188 g/mol. The van der Waals surface area contributed by atoms with Crippen molar-refractivity contribution in [2.75, 3.05) is 24.6 Å². The third-order valence-corrected chi connectivity index (χ3v) is 3.20. The van der Waals surface area contributed by atoms with Gasteiger partial charge in [0.1, 0.15) is 0 Å². The number of anilines is 1. The Morgan fingerprint density at radius 3 is 2.33 bits per heavy atom. The molecule has 3 N–H and O–H groups in total. The maximum atomic E-state index is 9.16. The number of rotatable bonds is 2. The standard InChI is InChI=1S/C12H18N2O/c13-12(10-15)6-8-14(9-7-12)11-4-2-1-3-5-11/h1-5,15H,6-10,13H2. The minimum absolute atomic E-state index is 0.0929. The highest BCUT2D eigenvalue weighted by molar-refractivity contribution is 5.46. The number of nitrogens with zero attached hydrogens (tertiary/aromatic N) is 1. The summed E-state index contributed by atoms with van der Waals surface area (Å²) >= 11 is 0. The molecule has 0 aliphatic carbocycles. The molecule has 15 heavy (non-hydrogen) atoms. The Hall–Kier alpha value is -1.06. The van der Waals surface area contributed by atoms with Crippen LogP contribution in [0.1, 0.15) is 12.8 Å². The topological polar surface area (TPSA) is 49.5 Å². The summed E-state index contributed by atoms with van der Waals surface area (Å²) < 4.78 is 0. The van der Waals surface area contributed by atoms with E-state index in [1.54, 1.807) is 0 Å². The van der Waals surface area contributed by atoms with Crippen LogP contribution in [0.3, 0.4) is 0 Å². The van der Waals surface area contributed by atoms with E-state index >= 15 is 0 Å². The van der Waals surface area contributed by atoms with Crippen molar-refractivity contribution in [2.45, 2.75) is 18.4 Å². The first-order valence-corrected chi connectivity index (χ1v) is 5.43. The highest BCUT2D eigenvalue weighted by atomic mass is 16.3. The van der Waals surface area contributed by atoms with Gasteiger partial charge in [0.05, 0.1) is 6.61 Å². The molecule has 1 fully saturated rings.